The maximum atomic E-state index is 12.3. The Hall–Kier alpha value is -0.610. The average Bonchev–Trinajstić information content (AvgIpc) is 3.24. The molecule has 0 spiro atoms. The van der Waals surface area contributed by atoms with E-state index in [9.17, 15) is 4.79 Å². The van der Waals surface area contributed by atoms with Gasteiger partial charge in [0, 0.05) is 18.6 Å². The molecule has 2 rings (SSSR count). The summed E-state index contributed by atoms with van der Waals surface area (Å²) in [4.78, 5) is 16.7. The summed E-state index contributed by atoms with van der Waals surface area (Å²) in [6.07, 6.45) is 4.85. The van der Waals surface area contributed by atoms with Gasteiger partial charge in [0.1, 0.15) is 0 Å². The van der Waals surface area contributed by atoms with Gasteiger partial charge in [0.15, 0.2) is 0 Å². The maximum absolute atomic E-state index is 12.3. The number of carbonyl (C=O) groups is 1. The molecule has 4 heteroatoms. The Kier molecular flexibility index (Phi) is 5.22. The highest BCUT2D eigenvalue weighted by Crippen LogP contribution is 2.27. The third kappa shape index (κ3) is 3.93. The molecule has 110 valence electrons. The summed E-state index contributed by atoms with van der Waals surface area (Å²) < 4.78 is 0. The van der Waals surface area contributed by atoms with E-state index in [-0.39, 0.29) is 0 Å². The first-order chi connectivity index (χ1) is 9.15. The number of piperidine rings is 1. The number of carbonyl (C=O) groups excluding carboxylic acids is 1. The predicted octanol–water partition coefficient (Wildman–Crippen LogP) is 1.32. The van der Waals surface area contributed by atoms with Gasteiger partial charge in [-0.15, -0.1) is 0 Å². The topological polar surface area (TPSA) is 35.6 Å². The SMILES string of the molecule is CCN(C(=O)CN1CCC(C(C)NC)CC1)C1CC1. The molecular formula is C15H29N3O. The van der Waals surface area contributed by atoms with Crippen molar-refractivity contribution in [2.24, 2.45) is 5.92 Å². The van der Waals surface area contributed by atoms with Crippen LogP contribution in [0.3, 0.4) is 0 Å². The van der Waals surface area contributed by atoms with Crippen molar-refractivity contribution >= 4 is 5.91 Å². The minimum absolute atomic E-state index is 0.338. The summed E-state index contributed by atoms with van der Waals surface area (Å²) >= 11 is 0. The second-order valence-electron chi connectivity index (χ2n) is 6.10. The van der Waals surface area contributed by atoms with Gasteiger partial charge in [0.25, 0.3) is 0 Å². The number of rotatable bonds is 6. The molecule has 19 heavy (non-hydrogen) atoms. The zero-order valence-electron chi connectivity index (χ0n) is 12.7. The average molecular weight is 267 g/mol. The summed E-state index contributed by atoms with van der Waals surface area (Å²) in [5.41, 5.74) is 0. The van der Waals surface area contributed by atoms with Crippen molar-refractivity contribution in [3.8, 4) is 0 Å². The fourth-order valence-electron chi connectivity index (χ4n) is 3.15. The Morgan fingerprint density at radius 2 is 1.95 bits per heavy atom. The number of likely N-dealkylation sites (tertiary alicyclic amines) is 1. The lowest BCUT2D eigenvalue weighted by atomic mass is 9.90. The Balaban J connectivity index is 1.74. The summed E-state index contributed by atoms with van der Waals surface area (Å²) in [7, 11) is 2.04. The molecule has 0 aromatic rings. The molecule has 1 unspecified atom stereocenters. The fraction of sp³-hybridized carbons (Fsp3) is 0.933. The van der Waals surface area contributed by atoms with Crippen LogP contribution in [0.15, 0.2) is 0 Å². The number of hydrogen-bond donors (Lipinski definition) is 1. The van der Waals surface area contributed by atoms with Crippen LogP contribution in [0.4, 0.5) is 0 Å². The van der Waals surface area contributed by atoms with Crippen molar-refractivity contribution in [2.45, 2.75) is 51.6 Å². The van der Waals surface area contributed by atoms with Gasteiger partial charge in [-0.05, 0) is 65.6 Å². The van der Waals surface area contributed by atoms with E-state index in [2.05, 4.69) is 29.0 Å². The number of hydrogen-bond acceptors (Lipinski definition) is 3. The van der Waals surface area contributed by atoms with E-state index >= 15 is 0 Å². The lowest BCUT2D eigenvalue weighted by molar-refractivity contribution is -0.133. The summed E-state index contributed by atoms with van der Waals surface area (Å²) in [6, 6.07) is 1.15. The van der Waals surface area contributed by atoms with Crippen molar-refractivity contribution in [1.82, 2.24) is 15.1 Å². The van der Waals surface area contributed by atoms with E-state index in [0.29, 0.717) is 24.5 Å². The molecular weight excluding hydrogens is 238 g/mol. The van der Waals surface area contributed by atoms with E-state index in [1.165, 1.54) is 25.7 Å². The first-order valence-corrected chi connectivity index (χ1v) is 7.84. The first kappa shape index (κ1) is 14.8. The third-order valence-electron chi connectivity index (χ3n) is 4.80. The van der Waals surface area contributed by atoms with Crippen LogP contribution >= 0.6 is 0 Å². The van der Waals surface area contributed by atoms with E-state index < -0.39 is 0 Å². The second-order valence-corrected chi connectivity index (χ2v) is 6.10. The molecule has 4 nitrogen and oxygen atoms in total. The van der Waals surface area contributed by atoms with Gasteiger partial charge < -0.3 is 10.2 Å². The highest BCUT2D eigenvalue weighted by molar-refractivity contribution is 5.78. The van der Waals surface area contributed by atoms with Gasteiger partial charge in [-0.1, -0.05) is 0 Å². The highest BCUT2D eigenvalue weighted by atomic mass is 16.2. The molecule has 2 aliphatic rings. The minimum Gasteiger partial charge on any atom is -0.339 e. The molecule has 1 saturated heterocycles. The van der Waals surface area contributed by atoms with Crippen molar-refractivity contribution in [2.75, 3.05) is 33.2 Å². The van der Waals surface area contributed by atoms with Crippen LogP contribution in [0.1, 0.15) is 39.5 Å². The molecule has 1 aliphatic carbocycles. The zero-order valence-corrected chi connectivity index (χ0v) is 12.7. The molecule has 0 bridgehead atoms. The lowest BCUT2D eigenvalue weighted by Gasteiger charge is -2.35. The van der Waals surface area contributed by atoms with Crippen LogP contribution in [0, 0.1) is 5.92 Å². The van der Waals surface area contributed by atoms with Crippen LogP contribution in [0.5, 0.6) is 0 Å². The lowest BCUT2D eigenvalue weighted by Crippen LogP contribution is -2.46. The molecule has 1 aliphatic heterocycles. The van der Waals surface area contributed by atoms with Crippen molar-refractivity contribution in [3.05, 3.63) is 0 Å². The van der Waals surface area contributed by atoms with Crippen molar-refractivity contribution in [3.63, 3.8) is 0 Å². The molecule has 1 N–H and O–H groups in total. The van der Waals surface area contributed by atoms with Gasteiger partial charge in [0.05, 0.1) is 6.54 Å². The van der Waals surface area contributed by atoms with Crippen molar-refractivity contribution < 1.29 is 4.79 Å². The zero-order chi connectivity index (χ0) is 13.8. The minimum atomic E-state index is 0.338. The van der Waals surface area contributed by atoms with Crippen LogP contribution < -0.4 is 5.32 Å². The number of nitrogens with one attached hydrogen (secondary N) is 1. The van der Waals surface area contributed by atoms with Crippen LogP contribution in [0.25, 0.3) is 0 Å². The van der Waals surface area contributed by atoms with Gasteiger partial charge in [-0.25, -0.2) is 0 Å². The Bertz CT molecular complexity index is 296. The number of amides is 1. The molecule has 1 saturated carbocycles. The quantitative estimate of drug-likeness (QED) is 0.788. The van der Waals surface area contributed by atoms with E-state index in [1.54, 1.807) is 0 Å². The summed E-state index contributed by atoms with van der Waals surface area (Å²) in [5.74, 6) is 1.10. The monoisotopic (exact) mass is 267 g/mol. The van der Waals surface area contributed by atoms with Crippen LogP contribution in [-0.4, -0.2) is 61.0 Å². The summed E-state index contributed by atoms with van der Waals surface area (Å²) in [5, 5.41) is 3.35. The fourth-order valence-corrected chi connectivity index (χ4v) is 3.15. The molecule has 0 aromatic carbocycles. The standard InChI is InChI=1S/C15H29N3O/c1-4-18(14-5-6-14)15(19)11-17-9-7-13(8-10-17)12(2)16-3/h12-14,16H,4-11H2,1-3H3. The van der Waals surface area contributed by atoms with E-state index in [4.69, 9.17) is 0 Å². The number of nitrogens with zero attached hydrogens (tertiary/aromatic N) is 2. The Morgan fingerprint density at radius 1 is 1.32 bits per heavy atom. The molecule has 0 aromatic heterocycles. The maximum Gasteiger partial charge on any atom is 0.236 e. The van der Waals surface area contributed by atoms with Crippen LogP contribution in [0.2, 0.25) is 0 Å². The van der Waals surface area contributed by atoms with Gasteiger partial charge in [-0.2, -0.15) is 0 Å². The van der Waals surface area contributed by atoms with E-state index in [0.717, 1.165) is 25.6 Å². The van der Waals surface area contributed by atoms with Gasteiger partial charge in [-0.3, -0.25) is 9.69 Å². The van der Waals surface area contributed by atoms with Gasteiger partial charge in [0.2, 0.25) is 5.91 Å². The van der Waals surface area contributed by atoms with Crippen molar-refractivity contribution in [1.29, 1.82) is 0 Å². The molecule has 0 radical (unpaired) electrons. The Morgan fingerprint density at radius 3 is 2.42 bits per heavy atom. The molecule has 1 atom stereocenters. The molecule has 1 heterocycles. The van der Waals surface area contributed by atoms with Crippen LogP contribution in [-0.2, 0) is 4.79 Å². The summed E-state index contributed by atoms with van der Waals surface area (Å²) in [6.45, 7) is 8.01. The normalized spacial score (nSPS) is 23.3. The third-order valence-corrected chi connectivity index (χ3v) is 4.80. The largest absolute Gasteiger partial charge is 0.339 e. The Labute approximate surface area is 117 Å². The predicted molar refractivity (Wildman–Crippen MR) is 78.1 cm³/mol. The highest BCUT2D eigenvalue weighted by Gasteiger charge is 2.32. The molecule has 1 amide bonds. The number of likely N-dealkylation sites (N-methyl/N-ethyl adjacent to an activating group) is 1. The van der Waals surface area contributed by atoms with E-state index in [1.807, 2.05) is 7.05 Å². The smallest absolute Gasteiger partial charge is 0.236 e. The second kappa shape index (κ2) is 6.71. The van der Waals surface area contributed by atoms with Gasteiger partial charge >= 0.3 is 0 Å². The molecule has 2 fully saturated rings. The first-order valence-electron chi connectivity index (χ1n) is 7.84.